The Morgan fingerprint density at radius 2 is 1.62 bits per heavy atom. The second-order valence-corrected chi connectivity index (χ2v) is 4.68. The van der Waals surface area contributed by atoms with Crippen LogP contribution in [0.2, 0.25) is 0 Å². The molecule has 0 aromatic heterocycles. The Bertz CT molecular complexity index is 632. The van der Waals surface area contributed by atoms with Gasteiger partial charge in [0.25, 0.3) is 0 Å². The van der Waals surface area contributed by atoms with E-state index in [1.54, 1.807) is 0 Å². The van der Waals surface area contributed by atoms with Gasteiger partial charge in [0.05, 0.1) is 0 Å². The van der Waals surface area contributed by atoms with Crippen molar-refractivity contribution in [1.29, 1.82) is 0 Å². The van der Waals surface area contributed by atoms with Gasteiger partial charge in [0.1, 0.15) is 0 Å². The van der Waals surface area contributed by atoms with Crippen molar-refractivity contribution in [3.8, 4) is 0 Å². The molecule has 2 unspecified atom stereocenters. The molecule has 0 radical (unpaired) electrons. The zero-order valence-corrected chi connectivity index (χ0v) is 8.93. The standard InChI is InChI=1S/C16H12/c1-2-4-13-10-16-14(9-12(13)3-1)6-5-11-7-8-15(11)16/h1-11,15H. The summed E-state index contributed by atoms with van der Waals surface area (Å²) in [6.07, 6.45) is 9.20. The van der Waals surface area contributed by atoms with Crippen LogP contribution < -0.4 is 0 Å². The summed E-state index contributed by atoms with van der Waals surface area (Å²) in [6, 6.07) is 13.3. The molecule has 0 heteroatoms. The molecule has 2 aromatic rings. The van der Waals surface area contributed by atoms with Crippen LogP contribution >= 0.6 is 0 Å². The van der Waals surface area contributed by atoms with Gasteiger partial charge in [-0.1, -0.05) is 48.6 Å². The van der Waals surface area contributed by atoms with Crippen LogP contribution in [-0.4, -0.2) is 0 Å². The summed E-state index contributed by atoms with van der Waals surface area (Å²) >= 11 is 0. The monoisotopic (exact) mass is 204 g/mol. The second-order valence-electron chi connectivity index (χ2n) is 4.68. The molecule has 76 valence electrons. The molecule has 0 N–H and O–H groups in total. The third-order valence-corrected chi connectivity index (χ3v) is 3.76. The molecular weight excluding hydrogens is 192 g/mol. The van der Waals surface area contributed by atoms with Crippen LogP contribution in [0.25, 0.3) is 16.8 Å². The predicted octanol–water partition coefficient (Wildman–Crippen LogP) is 4.14. The molecule has 2 aliphatic rings. The van der Waals surface area contributed by atoms with E-state index in [1.807, 2.05) is 0 Å². The molecule has 4 rings (SSSR count). The zero-order chi connectivity index (χ0) is 10.5. The maximum Gasteiger partial charge on any atom is 0.0122 e. The highest BCUT2D eigenvalue weighted by Gasteiger charge is 2.28. The molecule has 0 saturated heterocycles. The van der Waals surface area contributed by atoms with Gasteiger partial charge in [-0.3, -0.25) is 0 Å². The summed E-state index contributed by atoms with van der Waals surface area (Å²) in [5, 5.41) is 2.70. The lowest BCUT2D eigenvalue weighted by atomic mass is 9.72. The third kappa shape index (κ3) is 0.992. The molecule has 2 atom stereocenters. The van der Waals surface area contributed by atoms with Gasteiger partial charge in [0.15, 0.2) is 0 Å². The van der Waals surface area contributed by atoms with Crippen LogP contribution in [0, 0.1) is 5.92 Å². The van der Waals surface area contributed by atoms with Crippen molar-refractivity contribution < 1.29 is 0 Å². The average Bonchev–Trinajstić information content (AvgIpc) is 2.27. The van der Waals surface area contributed by atoms with Gasteiger partial charge >= 0.3 is 0 Å². The Kier molecular flexibility index (Phi) is 1.49. The van der Waals surface area contributed by atoms with Crippen molar-refractivity contribution in [3.63, 3.8) is 0 Å². The van der Waals surface area contributed by atoms with E-state index in [1.165, 1.54) is 21.9 Å². The van der Waals surface area contributed by atoms with Gasteiger partial charge in [0, 0.05) is 11.8 Å². The van der Waals surface area contributed by atoms with E-state index in [-0.39, 0.29) is 0 Å². The second kappa shape index (κ2) is 2.85. The molecule has 0 heterocycles. The molecule has 0 saturated carbocycles. The molecule has 0 spiro atoms. The lowest BCUT2D eigenvalue weighted by molar-refractivity contribution is 0.637. The van der Waals surface area contributed by atoms with Crippen molar-refractivity contribution in [2.24, 2.45) is 5.92 Å². The SMILES string of the molecule is C1=CC2C=CC2c2cc3ccccc3cc21. The Hall–Kier alpha value is -1.82. The lowest BCUT2D eigenvalue weighted by Gasteiger charge is -2.32. The number of benzene rings is 2. The Balaban J connectivity index is 2.05. The van der Waals surface area contributed by atoms with Gasteiger partial charge in [0.2, 0.25) is 0 Å². The minimum Gasteiger partial charge on any atom is -0.0800 e. The van der Waals surface area contributed by atoms with Crippen molar-refractivity contribution in [3.05, 3.63) is 65.8 Å². The summed E-state index contributed by atoms with van der Waals surface area (Å²) in [5.74, 6) is 1.28. The molecule has 2 aliphatic carbocycles. The van der Waals surface area contributed by atoms with E-state index in [0.29, 0.717) is 11.8 Å². The largest absolute Gasteiger partial charge is 0.0800 e. The van der Waals surface area contributed by atoms with E-state index in [0.717, 1.165) is 0 Å². The molecular formula is C16H12. The summed E-state index contributed by atoms with van der Waals surface area (Å²) in [5.41, 5.74) is 2.89. The number of hydrogen-bond donors (Lipinski definition) is 0. The molecule has 0 amide bonds. The minimum absolute atomic E-state index is 0.629. The van der Waals surface area contributed by atoms with Gasteiger partial charge in [-0.25, -0.2) is 0 Å². The maximum atomic E-state index is 2.36. The first-order valence-electron chi connectivity index (χ1n) is 5.81. The predicted molar refractivity (Wildman–Crippen MR) is 68.4 cm³/mol. The van der Waals surface area contributed by atoms with Crippen LogP contribution in [0.1, 0.15) is 17.0 Å². The Morgan fingerprint density at radius 1 is 0.812 bits per heavy atom. The fourth-order valence-corrected chi connectivity index (χ4v) is 2.77. The summed E-state index contributed by atoms with van der Waals surface area (Å²) < 4.78 is 0. The summed E-state index contributed by atoms with van der Waals surface area (Å²) in [6.45, 7) is 0. The van der Waals surface area contributed by atoms with Gasteiger partial charge in [-0.2, -0.15) is 0 Å². The maximum absolute atomic E-state index is 2.36. The molecule has 0 fully saturated rings. The Labute approximate surface area is 94.9 Å². The normalized spacial score (nSPS) is 25.0. The summed E-state index contributed by atoms with van der Waals surface area (Å²) in [4.78, 5) is 0. The fourth-order valence-electron chi connectivity index (χ4n) is 2.77. The van der Waals surface area contributed by atoms with Crippen molar-refractivity contribution in [2.45, 2.75) is 5.92 Å². The summed E-state index contributed by atoms with van der Waals surface area (Å²) in [7, 11) is 0. The number of allylic oxidation sites excluding steroid dienone is 3. The highest BCUT2D eigenvalue weighted by Crippen LogP contribution is 2.43. The highest BCUT2D eigenvalue weighted by molar-refractivity contribution is 5.87. The number of hydrogen-bond acceptors (Lipinski definition) is 0. The van der Waals surface area contributed by atoms with Crippen LogP contribution in [-0.2, 0) is 0 Å². The van der Waals surface area contributed by atoms with Gasteiger partial charge in [-0.15, -0.1) is 0 Å². The first-order chi connectivity index (χ1) is 7.92. The van der Waals surface area contributed by atoms with E-state index >= 15 is 0 Å². The number of rotatable bonds is 0. The van der Waals surface area contributed by atoms with E-state index < -0.39 is 0 Å². The molecule has 0 bridgehead atoms. The zero-order valence-electron chi connectivity index (χ0n) is 8.93. The molecule has 16 heavy (non-hydrogen) atoms. The van der Waals surface area contributed by atoms with Gasteiger partial charge < -0.3 is 0 Å². The van der Waals surface area contributed by atoms with Crippen molar-refractivity contribution in [2.75, 3.05) is 0 Å². The third-order valence-electron chi connectivity index (χ3n) is 3.76. The average molecular weight is 204 g/mol. The van der Waals surface area contributed by atoms with E-state index in [2.05, 4.69) is 60.7 Å². The quantitative estimate of drug-likeness (QED) is 0.566. The Morgan fingerprint density at radius 3 is 2.38 bits per heavy atom. The highest BCUT2D eigenvalue weighted by atomic mass is 14.3. The first-order valence-corrected chi connectivity index (χ1v) is 5.81. The molecule has 0 nitrogen and oxygen atoms in total. The fraction of sp³-hybridized carbons (Fsp3) is 0.125. The van der Waals surface area contributed by atoms with Crippen LogP contribution in [0.15, 0.2) is 54.6 Å². The van der Waals surface area contributed by atoms with E-state index in [9.17, 15) is 0 Å². The van der Waals surface area contributed by atoms with Crippen LogP contribution in [0.3, 0.4) is 0 Å². The van der Waals surface area contributed by atoms with Crippen LogP contribution in [0.5, 0.6) is 0 Å². The first kappa shape index (κ1) is 8.35. The van der Waals surface area contributed by atoms with E-state index in [4.69, 9.17) is 0 Å². The topological polar surface area (TPSA) is 0 Å². The molecule has 0 aliphatic heterocycles. The smallest absolute Gasteiger partial charge is 0.0122 e. The van der Waals surface area contributed by atoms with Crippen molar-refractivity contribution in [1.82, 2.24) is 0 Å². The molecule has 2 aromatic carbocycles. The van der Waals surface area contributed by atoms with Gasteiger partial charge in [-0.05, 0) is 34.0 Å². The number of fused-ring (bicyclic) bond motifs is 4. The lowest BCUT2D eigenvalue weighted by Crippen LogP contribution is -2.18. The van der Waals surface area contributed by atoms with Crippen molar-refractivity contribution >= 4 is 16.8 Å². The van der Waals surface area contributed by atoms with Crippen LogP contribution in [0.4, 0.5) is 0 Å². The minimum atomic E-state index is 0.629.